The van der Waals surface area contributed by atoms with Gasteiger partial charge in [-0.15, -0.1) is 0 Å². The van der Waals surface area contributed by atoms with Crippen LogP contribution >= 0.6 is 0 Å². The number of halogens is 3. The average molecular weight is 657 g/mol. The van der Waals surface area contributed by atoms with Crippen LogP contribution in [0, 0.1) is 6.92 Å². The molecule has 1 aliphatic rings. The van der Waals surface area contributed by atoms with E-state index in [9.17, 15) is 27.6 Å². The molecule has 9 nitrogen and oxygen atoms in total. The number of alkyl halides is 3. The van der Waals surface area contributed by atoms with Gasteiger partial charge in [-0.05, 0) is 48.9 Å². The third kappa shape index (κ3) is 6.73. The standard InChI is InChI=1S/C36H31F3N4O5/c1-3-47-28-10-6-9-27(21-28)43-22-30(40-32(43)24-13-11-23(2)12-14-24)33(44)42-17-15-41(16-18-42)31-20-26-8-5-4-7-25(26)19-29(31)34(45)48-35(46)36(37,38)39/h4-14,19-22H,3,15-18H2,1-2H3. The van der Waals surface area contributed by atoms with Crippen LogP contribution in [-0.4, -0.2) is 71.3 Å². The van der Waals surface area contributed by atoms with E-state index in [4.69, 9.17) is 9.72 Å². The van der Waals surface area contributed by atoms with Crippen molar-refractivity contribution in [2.45, 2.75) is 20.0 Å². The van der Waals surface area contributed by atoms with Crippen LogP contribution in [0.15, 0.2) is 91.1 Å². The second kappa shape index (κ2) is 13.2. The van der Waals surface area contributed by atoms with Gasteiger partial charge in [0, 0.05) is 44.0 Å². The molecule has 0 aliphatic carbocycles. The molecule has 5 aromatic rings. The lowest BCUT2D eigenvalue weighted by Crippen LogP contribution is -2.49. The van der Waals surface area contributed by atoms with Crippen molar-refractivity contribution >= 4 is 34.3 Å². The Morgan fingerprint density at radius 1 is 0.854 bits per heavy atom. The van der Waals surface area contributed by atoms with E-state index in [-0.39, 0.29) is 43.3 Å². The van der Waals surface area contributed by atoms with E-state index in [0.717, 1.165) is 22.2 Å². The van der Waals surface area contributed by atoms with E-state index in [1.807, 2.05) is 66.9 Å². The molecule has 1 fully saturated rings. The lowest BCUT2D eigenvalue weighted by atomic mass is 10.0. The Balaban J connectivity index is 1.26. The number of hydrogen-bond donors (Lipinski definition) is 0. The quantitative estimate of drug-likeness (QED) is 0.144. The average Bonchev–Trinajstić information content (AvgIpc) is 3.53. The summed E-state index contributed by atoms with van der Waals surface area (Å²) in [5.41, 5.74) is 3.04. The van der Waals surface area contributed by atoms with Crippen molar-refractivity contribution in [2.75, 3.05) is 37.7 Å². The number of aryl methyl sites for hydroxylation is 1. The number of piperazine rings is 1. The maximum Gasteiger partial charge on any atom is 0.491 e. The molecule has 0 saturated carbocycles. The summed E-state index contributed by atoms with van der Waals surface area (Å²) < 4.78 is 50.4. The highest BCUT2D eigenvalue weighted by Gasteiger charge is 2.43. The summed E-state index contributed by atoms with van der Waals surface area (Å²) in [6.07, 6.45) is -3.62. The number of carbonyl (C=O) groups is 3. The minimum atomic E-state index is -5.32. The van der Waals surface area contributed by atoms with Crippen LogP contribution in [0.3, 0.4) is 0 Å². The van der Waals surface area contributed by atoms with Crippen molar-refractivity contribution in [3.05, 3.63) is 108 Å². The molecule has 0 N–H and O–H groups in total. The highest BCUT2D eigenvalue weighted by atomic mass is 19.4. The number of nitrogens with zero attached hydrogens (tertiary/aromatic N) is 4. The SMILES string of the molecule is CCOc1cccc(-n2cc(C(=O)N3CCN(c4cc5ccccc5cc4C(=O)OC(=O)C(F)(F)F)CC3)nc2-c2ccc(C)cc2)c1. The fourth-order valence-electron chi connectivity index (χ4n) is 5.64. The predicted molar refractivity (Wildman–Crippen MR) is 173 cm³/mol. The van der Waals surface area contributed by atoms with Crippen LogP contribution in [0.2, 0.25) is 0 Å². The number of ether oxygens (including phenoxy) is 2. The van der Waals surface area contributed by atoms with Gasteiger partial charge in [-0.25, -0.2) is 14.6 Å². The molecule has 0 unspecified atom stereocenters. The highest BCUT2D eigenvalue weighted by molar-refractivity contribution is 6.06. The minimum absolute atomic E-state index is 0.179. The minimum Gasteiger partial charge on any atom is -0.494 e. The fraction of sp³-hybridized carbons (Fsp3) is 0.222. The summed E-state index contributed by atoms with van der Waals surface area (Å²) in [6, 6.07) is 25.5. The smallest absolute Gasteiger partial charge is 0.491 e. The lowest BCUT2D eigenvalue weighted by molar-refractivity contribution is -0.193. The Morgan fingerprint density at radius 2 is 1.54 bits per heavy atom. The molecular formula is C36H31F3N4O5. The van der Waals surface area contributed by atoms with E-state index >= 15 is 0 Å². The van der Waals surface area contributed by atoms with Crippen LogP contribution in [-0.2, 0) is 9.53 Å². The van der Waals surface area contributed by atoms with Gasteiger partial charge < -0.3 is 19.3 Å². The van der Waals surface area contributed by atoms with Crippen molar-refractivity contribution in [3.63, 3.8) is 0 Å². The summed E-state index contributed by atoms with van der Waals surface area (Å²) in [5.74, 6) is -3.02. The number of esters is 2. The molecule has 48 heavy (non-hydrogen) atoms. The third-order valence-corrected chi connectivity index (χ3v) is 8.05. The second-order valence-electron chi connectivity index (χ2n) is 11.3. The Morgan fingerprint density at radius 3 is 2.21 bits per heavy atom. The number of anilines is 1. The highest BCUT2D eigenvalue weighted by Crippen LogP contribution is 2.31. The molecular weight excluding hydrogens is 625 g/mol. The number of rotatable bonds is 7. The molecule has 1 aliphatic heterocycles. The largest absolute Gasteiger partial charge is 0.494 e. The molecule has 246 valence electrons. The molecule has 0 bridgehead atoms. The molecule has 1 amide bonds. The second-order valence-corrected chi connectivity index (χ2v) is 11.3. The van der Waals surface area contributed by atoms with Gasteiger partial charge in [0.1, 0.15) is 17.3 Å². The number of aromatic nitrogens is 2. The van der Waals surface area contributed by atoms with Gasteiger partial charge >= 0.3 is 18.1 Å². The van der Waals surface area contributed by atoms with Gasteiger partial charge in [-0.1, -0.05) is 60.2 Å². The molecule has 1 aromatic heterocycles. The zero-order chi connectivity index (χ0) is 34.0. The fourth-order valence-corrected chi connectivity index (χ4v) is 5.64. The van der Waals surface area contributed by atoms with Crippen molar-refractivity contribution in [1.29, 1.82) is 0 Å². The number of benzene rings is 4. The molecule has 1 saturated heterocycles. The van der Waals surface area contributed by atoms with Gasteiger partial charge in [0.05, 0.1) is 23.5 Å². The summed E-state index contributed by atoms with van der Waals surface area (Å²) in [4.78, 5) is 46.4. The zero-order valence-corrected chi connectivity index (χ0v) is 26.2. The molecule has 12 heteroatoms. The van der Waals surface area contributed by atoms with Crippen LogP contribution in [0.1, 0.15) is 33.3 Å². The number of fused-ring (bicyclic) bond motifs is 1. The van der Waals surface area contributed by atoms with E-state index < -0.39 is 18.1 Å². The van der Waals surface area contributed by atoms with Crippen LogP contribution in [0.5, 0.6) is 5.75 Å². The van der Waals surface area contributed by atoms with Crippen molar-refractivity contribution in [1.82, 2.24) is 14.5 Å². The lowest BCUT2D eigenvalue weighted by Gasteiger charge is -2.36. The summed E-state index contributed by atoms with van der Waals surface area (Å²) in [6.45, 7) is 5.41. The first-order chi connectivity index (χ1) is 23.0. The first-order valence-electron chi connectivity index (χ1n) is 15.3. The number of hydrogen-bond acceptors (Lipinski definition) is 7. The number of imidazole rings is 1. The first kappa shape index (κ1) is 32.3. The Bertz CT molecular complexity index is 2000. The van der Waals surface area contributed by atoms with Gasteiger partial charge in [-0.3, -0.25) is 9.36 Å². The molecule has 2 heterocycles. The Hall–Kier alpha value is -5.65. The van der Waals surface area contributed by atoms with Crippen molar-refractivity contribution in [3.8, 4) is 22.8 Å². The molecule has 4 aromatic carbocycles. The summed E-state index contributed by atoms with van der Waals surface area (Å²) in [7, 11) is 0. The first-order valence-corrected chi connectivity index (χ1v) is 15.3. The van der Waals surface area contributed by atoms with Crippen LogP contribution in [0.25, 0.3) is 27.8 Å². The van der Waals surface area contributed by atoms with E-state index in [1.165, 1.54) is 6.07 Å². The predicted octanol–water partition coefficient (Wildman–Crippen LogP) is 6.61. The van der Waals surface area contributed by atoms with E-state index in [1.54, 1.807) is 46.3 Å². The van der Waals surface area contributed by atoms with Gasteiger partial charge in [-0.2, -0.15) is 13.2 Å². The zero-order valence-electron chi connectivity index (χ0n) is 26.2. The summed E-state index contributed by atoms with van der Waals surface area (Å²) >= 11 is 0. The van der Waals surface area contributed by atoms with E-state index in [0.29, 0.717) is 29.3 Å². The van der Waals surface area contributed by atoms with Crippen molar-refractivity contribution < 1.29 is 37.0 Å². The van der Waals surface area contributed by atoms with Crippen LogP contribution < -0.4 is 9.64 Å². The molecule has 0 atom stereocenters. The monoisotopic (exact) mass is 656 g/mol. The third-order valence-electron chi connectivity index (χ3n) is 8.05. The van der Waals surface area contributed by atoms with Gasteiger partial charge in [0.15, 0.2) is 0 Å². The topological polar surface area (TPSA) is 94.0 Å². The van der Waals surface area contributed by atoms with Crippen LogP contribution in [0.4, 0.5) is 18.9 Å². The molecule has 6 rings (SSSR count). The van der Waals surface area contributed by atoms with Gasteiger partial charge in [0.25, 0.3) is 5.91 Å². The number of amides is 1. The summed E-state index contributed by atoms with van der Waals surface area (Å²) in [5, 5.41) is 1.33. The molecule has 0 spiro atoms. The Labute approximate surface area is 274 Å². The Kier molecular flexibility index (Phi) is 8.90. The van der Waals surface area contributed by atoms with Crippen molar-refractivity contribution in [2.24, 2.45) is 0 Å². The van der Waals surface area contributed by atoms with E-state index in [2.05, 4.69) is 4.74 Å². The molecule has 0 radical (unpaired) electrons. The normalized spacial score (nSPS) is 13.4. The maximum absolute atomic E-state index is 13.8. The van der Waals surface area contributed by atoms with Gasteiger partial charge in [0.2, 0.25) is 0 Å². The number of carbonyl (C=O) groups excluding carboxylic acids is 3. The maximum atomic E-state index is 13.8.